The molecule has 3 heterocycles. The lowest BCUT2D eigenvalue weighted by molar-refractivity contribution is -0.142. The minimum atomic E-state index is -1.06. The third kappa shape index (κ3) is 8.02. The number of carbonyl (C=O) groups is 4. The van der Waals surface area contributed by atoms with Crippen molar-refractivity contribution in [2.24, 2.45) is 5.41 Å². The molecule has 270 valence electrons. The van der Waals surface area contributed by atoms with Crippen molar-refractivity contribution in [1.29, 1.82) is 0 Å². The molecule has 1 aliphatic carbocycles. The van der Waals surface area contributed by atoms with E-state index in [1.807, 2.05) is 64.4 Å². The molecule has 1 saturated carbocycles. The molecule has 0 bridgehead atoms. The maximum absolute atomic E-state index is 14.1. The molecule has 1 aliphatic heterocycles. The second kappa shape index (κ2) is 14.3. The number of fused-ring (bicyclic) bond motifs is 1. The van der Waals surface area contributed by atoms with Gasteiger partial charge in [0.1, 0.15) is 29.5 Å². The highest BCUT2D eigenvalue weighted by molar-refractivity contribution is 7.13. The fraction of sp³-hybridized carbons (Fsp3) is 0.432. The molecular weight excluding hydrogens is 675 g/mol. The van der Waals surface area contributed by atoms with Crippen LogP contribution in [0.3, 0.4) is 0 Å². The highest BCUT2D eigenvalue weighted by Crippen LogP contribution is 2.32. The number of nitrogens with zero attached hydrogens (tertiary/aromatic N) is 2. The van der Waals surface area contributed by atoms with Crippen LogP contribution in [0.15, 0.2) is 58.5 Å². The van der Waals surface area contributed by atoms with Gasteiger partial charge in [0.05, 0.1) is 28.2 Å². The molecule has 2 aliphatic rings. The Morgan fingerprint density at radius 1 is 1.04 bits per heavy atom. The summed E-state index contributed by atoms with van der Waals surface area (Å²) >= 11 is 1.57. The smallest absolute Gasteiger partial charge is 0.404 e. The summed E-state index contributed by atoms with van der Waals surface area (Å²) in [6.45, 7) is 9.23. The molecule has 1 saturated heterocycles. The summed E-state index contributed by atoms with van der Waals surface area (Å²) in [5, 5.41) is 28.4. The normalized spacial score (nSPS) is 21.4. The summed E-state index contributed by atoms with van der Waals surface area (Å²) < 4.78 is 11.8. The number of aromatic nitrogens is 1. The average Bonchev–Trinajstić information content (AvgIpc) is 3.79. The molecular formula is C37H43N5O8S. The van der Waals surface area contributed by atoms with Crippen LogP contribution in [0.1, 0.15) is 74.8 Å². The first-order chi connectivity index (χ1) is 24.2. The van der Waals surface area contributed by atoms with E-state index in [1.165, 1.54) is 4.90 Å². The number of carbonyl (C=O) groups excluding carboxylic acids is 3. The zero-order chi connectivity index (χ0) is 36.6. The Labute approximate surface area is 299 Å². The SMILES string of the molecule is Cc1ncsc1-c1ccc([C@H](C)NC(=O)[C@@H]2C[C@@H](O)CN2C(=O)[C@@H](NC(=O)c2cc3cc(OC4CC(NC(=O)O)C4)ccc3o2)C(C)(C)C)cc1. The third-order valence-corrected chi connectivity index (χ3v) is 10.4. The van der Waals surface area contributed by atoms with Crippen LogP contribution in [0.4, 0.5) is 4.79 Å². The number of β-amino-alcohol motifs (C(OH)–C–C–N with tert-alkyl or cyclic N) is 1. The van der Waals surface area contributed by atoms with E-state index in [4.69, 9.17) is 14.3 Å². The molecule has 2 aromatic heterocycles. The second-order valence-corrected chi connectivity index (χ2v) is 15.3. The molecule has 4 atom stereocenters. The van der Waals surface area contributed by atoms with Gasteiger partial charge in [-0.3, -0.25) is 14.4 Å². The number of furan rings is 1. The number of aliphatic hydroxyl groups is 1. The maximum atomic E-state index is 14.1. The maximum Gasteiger partial charge on any atom is 0.404 e. The number of nitrogens with one attached hydrogen (secondary N) is 3. The first-order valence-corrected chi connectivity index (χ1v) is 17.8. The van der Waals surface area contributed by atoms with Crippen LogP contribution in [0.2, 0.25) is 0 Å². The van der Waals surface area contributed by atoms with E-state index in [2.05, 4.69) is 20.9 Å². The second-order valence-electron chi connectivity index (χ2n) is 14.5. The van der Waals surface area contributed by atoms with Crippen LogP contribution in [0.5, 0.6) is 5.75 Å². The zero-order valence-corrected chi connectivity index (χ0v) is 30.0. The number of aliphatic hydroxyl groups excluding tert-OH is 1. The summed E-state index contributed by atoms with van der Waals surface area (Å²) in [4.78, 5) is 58.9. The van der Waals surface area contributed by atoms with Gasteiger partial charge in [-0.2, -0.15) is 0 Å². The van der Waals surface area contributed by atoms with Crippen LogP contribution in [0, 0.1) is 12.3 Å². The van der Waals surface area contributed by atoms with E-state index >= 15 is 0 Å². The molecule has 4 aromatic rings. The van der Waals surface area contributed by atoms with E-state index in [0.29, 0.717) is 29.6 Å². The number of ether oxygens (including phenoxy) is 1. The number of amides is 4. The summed E-state index contributed by atoms with van der Waals surface area (Å²) in [6.07, 6.45) is -0.897. The van der Waals surface area contributed by atoms with E-state index < -0.39 is 41.5 Å². The molecule has 13 nitrogen and oxygen atoms in total. The fourth-order valence-electron chi connectivity index (χ4n) is 6.57. The summed E-state index contributed by atoms with van der Waals surface area (Å²) in [7, 11) is 0. The predicted molar refractivity (Wildman–Crippen MR) is 190 cm³/mol. The topological polar surface area (TPSA) is 183 Å². The van der Waals surface area contributed by atoms with E-state index in [-0.39, 0.29) is 42.8 Å². The van der Waals surface area contributed by atoms with Gasteiger partial charge in [-0.25, -0.2) is 9.78 Å². The minimum Gasteiger partial charge on any atom is -0.490 e. The van der Waals surface area contributed by atoms with Crippen LogP contribution in [0.25, 0.3) is 21.4 Å². The summed E-state index contributed by atoms with van der Waals surface area (Å²) in [5.74, 6) is -0.910. The van der Waals surface area contributed by atoms with Gasteiger partial charge in [0.2, 0.25) is 11.8 Å². The fourth-order valence-corrected chi connectivity index (χ4v) is 7.38. The Hall–Kier alpha value is -4.95. The van der Waals surface area contributed by atoms with Crippen molar-refractivity contribution in [1.82, 2.24) is 25.8 Å². The number of aryl methyl sites for hydroxylation is 1. The molecule has 0 spiro atoms. The van der Waals surface area contributed by atoms with Gasteiger partial charge in [-0.1, -0.05) is 45.0 Å². The van der Waals surface area contributed by atoms with E-state index in [0.717, 1.165) is 21.7 Å². The van der Waals surface area contributed by atoms with Crippen molar-refractivity contribution in [2.45, 2.75) is 90.3 Å². The average molecular weight is 718 g/mol. The molecule has 0 unspecified atom stereocenters. The van der Waals surface area contributed by atoms with Gasteiger partial charge in [0.25, 0.3) is 5.91 Å². The quantitative estimate of drug-likeness (QED) is 0.150. The number of carboxylic acid groups (broad SMARTS) is 1. The standard InChI is InChI=1S/C37H43N5O8S/c1-19(21-6-8-22(9-7-21)31-20(2)38-18-51-31)39-33(44)28-16-25(43)17-42(28)35(46)32(37(3,4)5)41-34(45)30-13-23-12-26(10-11-29(23)50-30)49-27-14-24(15-27)40-36(47)48/h6-13,18-19,24-25,27-28,32,40,43H,14-17H2,1-5H3,(H,39,44)(H,41,45)(H,47,48)/t19-,24?,25+,27?,28-,32+/m0/s1. The molecule has 2 aromatic carbocycles. The number of hydrogen-bond donors (Lipinski definition) is 5. The molecule has 51 heavy (non-hydrogen) atoms. The highest BCUT2D eigenvalue weighted by atomic mass is 32.1. The van der Waals surface area contributed by atoms with E-state index in [1.54, 1.807) is 35.6 Å². The van der Waals surface area contributed by atoms with Crippen LogP contribution < -0.4 is 20.7 Å². The van der Waals surface area contributed by atoms with Crippen molar-refractivity contribution in [3.8, 4) is 16.2 Å². The third-order valence-electron chi connectivity index (χ3n) is 9.47. The Kier molecular flexibility index (Phi) is 10.1. The lowest BCUT2D eigenvalue weighted by atomic mass is 9.85. The molecule has 6 rings (SSSR count). The lowest BCUT2D eigenvalue weighted by Crippen LogP contribution is -2.57. The van der Waals surface area contributed by atoms with Crippen molar-refractivity contribution >= 4 is 46.1 Å². The van der Waals surface area contributed by atoms with Gasteiger partial charge < -0.3 is 40.2 Å². The Morgan fingerprint density at radius 3 is 2.41 bits per heavy atom. The van der Waals surface area contributed by atoms with Crippen LogP contribution in [-0.2, 0) is 9.59 Å². The summed E-state index contributed by atoms with van der Waals surface area (Å²) in [5.41, 5.74) is 4.39. The first kappa shape index (κ1) is 35.9. The van der Waals surface area contributed by atoms with Crippen molar-refractivity contribution in [3.63, 3.8) is 0 Å². The monoisotopic (exact) mass is 717 g/mol. The predicted octanol–water partition coefficient (Wildman–Crippen LogP) is 5.03. The molecule has 2 fully saturated rings. The first-order valence-electron chi connectivity index (χ1n) is 17.0. The Bertz CT molecular complexity index is 1930. The minimum absolute atomic E-state index is 0.000313. The van der Waals surface area contributed by atoms with Crippen molar-refractivity contribution in [3.05, 3.63) is 71.1 Å². The number of benzene rings is 2. The van der Waals surface area contributed by atoms with Crippen LogP contribution in [-0.4, -0.2) is 80.8 Å². The number of rotatable bonds is 10. The van der Waals surface area contributed by atoms with E-state index in [9.17, 15) is 24.3 Å². The van der Waals surface area contributed by atoms with Crippen molar-refractivity contribution < 1.29 is 38.5 Å². The van der Waals surface area contributed by atoms with Gasteiger partial charge in [-0.15, -0.1) is 11.3 Å². The number of hydrogen-bond acceptors (Lipinski definition) is 9. The molecule has 4 amide bonds. The largest absolute Gasteiger partial charge is 0.490 e. The molecule has 14 heteroatoms. The van der Waals surface area contributed by atoms with Gasteiger partial charge >= 0.3 is 6.09 Å². The van der Waals surface area contributed by atoms with Gasteiger partial charge in [0, 0.05) is 37.2 Å². The van der Waals surface area contributed by atoms with Crippen molar-refractivity contribution in [2.75, 3.05) is 6.54 Å². The molecule has 5 N–H and O–H groups in total. The number of thiazole rings is 1. The number of likely N-dealkylation sites (tertiary alicyclic amines) is 1. The highest BCUT2D eigenvalue weighted by Gasteiger charge is 2.45. The zero-order valence-electron chi connectivity index (χ0n) is 29.1. The van der Waals surface area contributed by atoms with Gasteiger partial charge in [0.15, 0.2) is 5.76 Å². The lowest BCUT2D eigenvalue weighted by Gasteiger charge is -2.35. The Morgan fingerprint density at radius 2 is 1.76 bits per heavy atom. The molecule has 0 radical (unpaired) electrons. The summed E-state index contributed by atoms with van der Waals surface area (Å²) in [6, 6.07) is 12.1. The van der Waals surface area contributed by atoms with Crippen LogP contribution >= 0.6 is 11.3 Å². The Balaban J connectivity index is 1.11. The van der Waals surface area contributed by atoms with Gasteiger partial charge in [-0.05, 0) is 54.7 Å².